The van der Waals surface area contributed by atoms with Gasteiger partial charge in [-0.15, -0.1) is 0 Å². The molecule has 2 aromatic heterocycles. The molecular formula is C23H33N5O3SSi. The number of ether oxygens (including phenoxy) is 2. The van der Waals surface area contributed by atoms with Gasteiger partial charge in [0.2, 0.25) is 0 Å². The molecule has 10 heteroatoms. The second kappa shape index (κ2) is 10.4. The quantitative estimate of drug-likeness (QED) is 0.361. The molecule has 0 amide bonds. The molecular weight excluding hydrogens is 454 g/mol. The highest BCUT2D eigenvalue weighted by Gasteiger charge is 2.18. The number of nitrogens with two attached hydrogens (primary N) is 1. The fourth-order valence-electron chi connectivity index (χ4n) is 3.69. The number of anilines is 1. The molecule has 1 fully saturated rings. The molecule has 3 heterocycles. The number of fused-ring (bicyclic) bond motifs is 1. The molecule has 8 nitrogen and oxygen atoms in total. The van der Waals surface area contributed by atoms with E-state index in [1.807, 2.05) is 30.0 Å². The summed E-state index contributed by atoms with van der Waals surface area (Å²) in [5.41, 5.74) is 7.81. The summed E-state index contributed by atoms with van der Waals surface area (Å²) in [6.45, 7) is 9.44. The van der Waals surface area contributed by atoms with Gasteiger partial charge in [-0.3, -0.25) is 9.36 Å². The van der Waals surface area contributed by atoms with Gasteiger partial charge in [0.25, 0.3) is 5.56 Å². The Labute approximate surface area is 199 Å². The van der Waals surface area contributed by atoms with E-state index in [4.69, 9.17) is 20.2 Å². The molecule has 0 spiro atoms. The number of nitrogen functional groups attached to an aromatic ring is 1. The van der Waals surface area contributed by atoms with Crippen molar-refractivity contribution < 1.29 is 9.47 Å². The zero-order valence-electron chi connectivity index (χ0n) is 19.6. The van der Waals surface area contributed by atoms with Crippen molar-refractivity contribution in [3.8, 4) is 5.69 Å². The third kappa shape index (κ3) is 6.26. The zero-order chi connectivity index (χ0) is 23.4. The fourth-order valence-corrected chi connectivity index (χ4v) is 5.58. The predicted octanol–water partition coefficient (Wildman–Crippen LogP) is 3.89. The Kier molecular flexibility index (Phi) is 7.57. The highest BCUT2D eigenvalue weighted by atomic mass is 32.2. The normalized spacial score (nSPS) is 15.4. The lowest BCUT2D eigenvalue weighted by Gasteiger charge is -2.22. The Morgan fingerprint density at radius 2 is 2.06 bits per heavy atom. The SMILES string of the molecule is C[Si](C)(C)CCOCn1c(CSC2CCOCC2)nc2cc(-n3cc(N)cn3)ccc2c1=O. The van der Waals surface area contributed by atoms with Crippen LogP contribution in [-0.2, 0) is 22.0 Å². The zero-order valence-corrected chi connectivity index (χ0v) is 21.4. The average molecular weight is 488 g/mol. The summed E-state index contributed by atoms with van der Waals surface area (Å²) in [5, 5.41) is 5.37. The van der Waals surface area contributed by atoms with E-state index in [1.54, 1.807) is 21.6 Å². The van der Waals surface area contributed by atoms with Crippen molar-refractivity contribution in [1.29, 1.82) is 0 Å². The van der Waals surface area contributed by atoms with Gasteiger partial charge >= 0.3 is 0 Å². The lowest BCUT2D eigenvalue weighted by atomic mass is 10.2. The molecule has 1 aliphatic rings. The lowest BCUT2D eigenvalue weighted by molar-refractivity contribution is 0.0827. The minimum Gasteiger partial charge on any atom is -0.396 e. The molecule has 0 radical (unpaired) electrons. The highest BCUT2D eigenvalue weighted by molar-refractivity contribution is 7.99. The maximum absolute atomic E-state index is 13.4. The van der Waals surface area contributed by atoms with Gasteiger partial charge in [0.1, 0.15) is 12.6 Å². The number of aromatic nitrogens is 4. The summed E-state index contributed by atoms with van der Waals surface area (Å²) in [6, 6.07) is 6.63. The summed E-state index contributed by atoms with van der Waals surface area (Å²) in [4.78, 5) is 18.3. The number of rotatable bonds is 9. The van der Waals surface area contributed by atoms with Crippen molar-refractivity contribution in [3.63, 3.8) is 0 Å². The number of thioether (sulfide) groups is 1. The van der Waals surface area contributed by atoms with Crippen LogP contribution in [0.5, 0.6) is 0 Å². The second-order valence-corrected chi connectivity index (χ2v) is 16.6. The summed E-state index contributed by atoms with van der Waals surface area (Å²) < 4.78 is 14.8. The first-order valence-electron chi connectivity index (χ1n) is 11.4. The van der Waals surface area contributed by atoms with Gasteiger partial charge in [-0.2, -0.15) is 16.9 Å². The largest absolute Gasteiger partial charge is 0.396 e. The van der Waals surface area contributed by atoms with Crippen LogP contribution < -0.4 is 11.3 Å². The fraction of sp³-hybridized carbons (Fsp3) is 0.522. The van der Waals surface area contributed by atoms with Crippen molar-refractivity contribution in [2.45, 2.75) is 56.3 Å². The van der Waals surface area contributed by atoms with Gasteiger partial charge in [0.15, 0.2) is 0 Å². The van der Waals surface area contributed by atoms with Gasteiger partial charge in [-0.05, 0) is 37.1 Å². The van der Waals surface area contributed by atoms with Gasteiger partial charge < -0.3 is 15.2 Å². The van der Waals surface area contributed by atoms with Crippen molar-refractivity contribution >= 4 is 36.4 Å². The average Bonchev–Trinajstić information content (AvgIpc) is 3.22. The van der Waals surface area contributed by atoms with Crippen LogP contribution in [0.25, 0.3) is 16.6 Å². The van der Waals surface area contributed by atoms with Gasteiger partial charge in [0.05, 0.1) is 40.4 Å². The van der Waals surface area contributed by atoms with E-state index in [1.165, 1.54) is 0 Å². The predicted molar refractivity (Wildman–Crippen MR) is 137 cm³/mol. The first-order chi connectivity index (χ1) is 15.8. The van der Waals surface area contributed by atoms with Gasteiger partial charge in [-0.1, -0.05) is 19.6 Å². The second-order valence-electron chi connectivity index (χ2n) is 9.65. The van der Waals surface area contributed by atoms with E-state index in [0.29, 0.717) is 34.2 Å². The smallest absolute Gasteiger partial charge is 0.263 e. The summed E-state index contributed by atoms with van der Waals surface area (Å²) in [5.74, 6) is 1.40. The minimum atomic E-state index is -1.20. The van der Waals surface area contributed by atoms with Gasteiger partial charge in [-0.25, -0.2) is 9.67 Å². The topological polar surface area (TPSA) is 97.2 Å². The molecule has 178 valence electrons. The Morgan fingerprint density at radius 1 is 1.27 bits per heavy atom. The molecule has 1 saturated heterocycles. The Hall–Kier alpha value is -2.14. The van der Waals surface area contributed by atoms with E-state index in [0.717, 1.165) is 43.6 Å². The van der Waals surface area contributed by atoms with Crippen LogP contribution in [0, 0.1) is 0 Å². The Bertz CT molecular complexity index is 1150. The number of benzene rings is 1. The highest BCUT2D eigenvalue weighted by Crippen LogP contribution is 2.26. The maximum Gasteiger partial charge on any atom is 0.263 e. The van der Waals surface area contributed by atoms with Crippen LogP contribution in [0.4, 0.5) is 5.69 Å². The summed E-state index contributed by atoms with van der Waals surface area (Å²) >= 11 is 1.84. The van der Waals surface area contributed by atoms with Crippen molar-refractivity contribution in [3.05, 3.63) is 46.8 Å². The molecule has 0 saturated carbocycles. The molecule has 0 aliphatic carbocycles. The van der Waals surface area contributed by atoms with Crippen LogP contribution in [0.3, 0.4) is 0 Å². The number of nitrogens with zero attached hydrogens (tertiary/aromatic N) is 4. The molecule has 33 heavy (non-hydrogen) atoms. The lowest BCUT2D eigenvalue weighted by Crippen LogP contribution is -2.28. The third-order valence-corrected chi connectivity index (χ3v) is 8.79. The Morgan fingerprint density at radius 3 is 2.76 bits per heavy atom. The summed E-state index contributed by atoms with van der Waals surface area (Å²) in [7, 11) is -1.20. The van der Waals surface area contributed by atoms with E-state index in [9.17, 15) is 4.79 Å². The van der Waals surface area contributed by atoms with Crippen molar-refractivity contribution in [2.75, 3.05) is 25.6 Å². The first kappa shape index (κ1) is 24.0. The molecule has 0 atom stereocenters. The molecule has 2 N–H and O–H groups in total. The van der Waals surface area contributed by atoms with E-state index < -0.39 is 8.07 Å². The van der Waals surface area contributed by atoms with Crippen LogP contribution >= 0.6 is 11.8 Å². The van der Waals surface area contributed by atoms with Gasteiger partial charge in [0, 0.05) is 33.1 Å². The third-order valence-electron chi connectivity index (χ3n) is 5.72. The Balaban J connectivity index is 1.63. The van der Waals surface area contributed by atoms with E-state index in [2.05, 4.69) is 24.7 Å². The molecule has 4 rings (SSSR count). The molecule has 1 aromatic carbocycles. The number of hydrogen-bond acceptors (Lipinski definition) is 7. The van der Waals surface area contributed by atoms with Crippen LogP contribution in [0.1, 0.15) is 18.7 Å². The molecule has 3 aromatic rings. The van der Waals surface area contributed by atoms with E-state index >= 15 is 0 Å². The molecule has 1 aliphatic heterocycles. The summed E-state index contributed by atoms with van der Waals surface area (Å²) in [6.07, 6.45) is 5.40. The first-order valence-corrected chi connectivity index (χ1v) is 16.2. The molecule has 0 bridgehead atoms. The molecule has 0 unspecified atom stereocenters. The van der Waals surface area contributed by atoms with Crippen LogP contribution in [-0.4, -0.2) is 52.5 Å². The minimum absolute atomic E-state index is 0.0675. The number of hydrogen-bond donors (Lipinski definition) is 1. The maximum atomic E-state index is 13.4. The van der Waals surface area contributed by atoms with Crippen LogP contribution in [0.15, 0.2) is 35.4 Å². The monoisotopic (exact) mass is 487 g/mol. The van der Waals surface area contributed by atoms with Crippen LogP contribution in [0.2, 0.25) is 25.7 Å². The van der Waals surface area contributed by atoms with Crippen molar-refractivity contribution in [1.82, 2.24) is 19.3 Å². The standard InChI is InChI=1S/C23H33N5O3SSi/c1-33(2,3)11-10-31-16-27-22(15-32-19-6-8-30-9-7-19)26-21-12-18(4-5-20(21)23(27)29)28-14-17(24)13-25-28/h4-5,12-14,19H,6-11,15-16,24H2,1-3H3. The van der Waals surface area contributed by atoms with E-state index in [-0.39, 0.29) is 12.3 Å². The van der Waals surface area contributed by atoms with Crippen molar-refractivity contribution in [2.24, 2.45) is 0 Å².